The number of piperidine rings is 1. The first-order chi connectivity index (χ1) is 7.54. The molecule has 1 aliphatic heterocycles. The standard InChI is InChI=1S/C11H20N2O3/c1-9-5-4-6-13(7-9)10(14)8-12(2)11(15)16-3/h9H,4-8H2,1-3H3/t9-/m1/s1. The van der Waals surface area contributed by atoms with Crippen LogP contribution in [0.25, 0.3) is 0 Å². The number of ether oxygens (including phenoxy) is 1. The molecule has 5 nitrogen and oxygen atoms in total. The predicted octanol–water partition coefficient (Wildman–Crippen LogP) is 0.943. The van der Waals surface area contributed by atoms with Gasteiger partial charge in [-0.1, -0.05) is 6.92 Å². The molecule has 0 spiro atoms. The largest absolute Gasteiger partial charge is 0.453 e. The molecule has 16 heavy (non-hydrogen) atoms. The maximum atomic E-state index is 11.9. The summed E-state index contributed by atoms with van der Waals surface area (Å²) < 4.78 is 4.54. The first kappa shape index (κ1) is 12.8. The minimum atomic E-state index is -0.474. The first-order valence-corrected chi connectivity index (χ1v) is 5.61. The number of nitrogens with zero attached hydrogens (tertiary/aromatic N) is 2. The second kappa shape index (κ2) is 5.72. The molecule has 0 N–H and O–H groups in total. The van der Waals surface area contributed by atoms with Gasteiger partial charge in [-0.3, -0.25) is 4.79 Å². The van der Waals surface area contributed by atoms with E-state index in [4.69, 9.17) is 0 Å². The third-order valence-corrected chi connectivity index (χ3v) is 2.87. The van der Waals surface area contributed by atoms with E-state index in [9.17, 15) is 9.59 Å². The Balaban J connectivity index is 2.42. The van der Waals surface area contributed by atoms with Gasteiger partial charge >= 0.3 is 6.09 Å². The predicted molar refractivity (Wildman–Crippen MR) is 60.0 cm³/mol. The van der Waals surface area contributed by atoms with E-state index in [-0.39, 0.29) is 12.5 Å². The van der Waals surface area contributed by atoms with E-state index in [0.717, 1.165) is 19.5 Å². The minimum Gasteiger partial charge on any atom is -0.453 e. The Kier molecular flexibility index (Phi) is 4.58. The number of likely N-dealkylation sites (N-methyl/N-ethyl adjacent to an activating group) is 1. The van der Waals surface area contributed by atoms with Crippen molar-refractivity contribution in [2.24, 2.45) is 5.92 Å². The van der Waals surface area contributed by atoms with Gasteiger partial charge in [0.1, 0.15) is 6.54 Å². The molecule has 1 rings (SSSR count). The molecule has 1 saturated heterocycles. The Hall–Kier alpha value is -1.26. The van der Waals surface area contributed by atoms with Crippen LogP contribution in [-0.2, 0) is 9.53 Å². The van der Waals surface area contributed by atoms with Crippen LogP contribution in [-0.4, -0.2) is 55.6 Å². The third-order valence-electron chi connectivity index (χ3n) is 2.87. The highest BCUT2D eigenvalue weighted by Gasteiger charge is 2.23. The minimum absolute atomic E-state index is 0.000509. The summed E-state index contributed by atoms with van der Waals surface area (Å²) in [5.41, 5.74) is 0. The highest BCUT2D eigenvalue weighted by molar-refractivity contribution is 5.82. The summed E-state index contributed by atoms with van der Waals surface area (Å²) in [6.07, 6.45) is 1.75. The summed E-state index contributed by atoms with van der Waals surface area (Å²) in [4.78, 5) is 26.1. The van der Waals surface area contributed by atoms with Crippen molar-refractivity contribution in [2.75, 3.05) is 33.8 Å². The number of amides is 2. The maximum Gasteiger partial charge on any atom is 0.409 e. The normalized spacial score (nSPS) is 20.4. The Bertz CT molecular complexity index is 268. The Morgan fingerprint density at radius 1 is 1.50 bits per heavy atom. The van der Waals surface area contributed by atoms with Gasteiger partial charge in [0.15, 0.2) is 0 Å². The fraction of sp³-hybridized carbons (Fsp3) is 0.818. The number of rotatable bonds is 2. The first-order valence-electron chi connectivity index (χ1n) is 5.61. The molecule has 0 bridgehead atoms. The molecule has 0 aromatic rings. The fourth-order valence-corrected chi connectivity index (χ4v) is 1.94. The van der Waals surface area contributed by atoms with E-state index in [0.29, 0.717) is 5.92 Å². The lowest BCUT2D eigenvalue weighted by Gasteiger charge is -2.32. The van der Waals surface area contributed by atoms with Crippen molar-refractivity contribution in [3.63, 3.8) is 0 Å². The maximum absolute atomic E-state index is 11.9. The van der Waals surface area contributed by atoms with E-state index >= 15 is 0 Å². The summed E-state index contributed by atoms with van der Waals surface area (Å²) in [6, 6.07) is 0. The third kappa shape index (κ3) is 3.40. The van der Waals surface area contributed by atoms with Crippen LogP contribution >= 0.6 is 0 Å². The van der Waals surface area contributed by atoms with E-state index in [1.165, 1.54) is 18.4 Å². The van der Waals surface area contributed by atoms with Gasteiger partial charge in [-0.05, 0) is 18.8 Å². The molecule has 1 aliphatic rings. The summed E-state index contributed by atoms with van der Waals surface area (Å²) >= 11 is 0. The summed E-state index contributed by atoms with van der Waals surface area (Å²) in [5.74, 6) is 0.556. The summed E-state index contributed by atoms with van der Waals surface area (Å²) in [7, 11) is 2.88. The number of carbonyl (C=O) groups is 2. The summed E-state index contributed by atoms with van der Waals surface area (Å²) in [5, 5.41) is 0. The number of likely N-dealkylation sites (tertiary alicyclic amines) is 1. The zero-order valence-electron chi connectivity index (χ0n) is 10.2. The fourth-order valence-electron chi connectivity index (χ4n) is 1.94. The lowest BCUT2D eigenvalue weighted by Crippen LogP contribution is -2.45. The van der Waals surface area contributed by atoms with Crippen LogP contribution in [0, 0.1) is 5.92 Å². The molecular formula is C11H20N2O3. The zero-order chi connectivity index (χ0) is 12.1. The van der Waals surface area contributed by atoms with Crippen LogP contribution in [0.3, 0.4) is 0 Å². The molecule has 0 aromatic carbocycles. The highest BCUT2D eigenvalue weighted by atomic mass is 16.5. The van der Waals surface area contributed by atoms with Gasteiger partial charge in [0, 0.05) is 20.1 Å². The molecule has 92 valence electrons. The van der Waals surface area contributed by atoms with Gasteiger partial charge < -0.3 is 14.5 Å². The van der Waals surface area contributed by atoms with Crippen molar-refractivity contribution in [1.29, 1.82) is 0 Å². The second-order valence-corrected chi connectivity index (χ2v) is 4.41. The van der Waals surface area contributed by atoms with Gasteiger partial charge in [-0.2, -0.15) is 0 Å². The Morgan fingerprint density at radius 2 is 2.19 bits per heavy atom. The molecule has 0 aromatic heterocycles. The number of hydrogen-bond acceptors (Lipinski definition) is 3. The lowest BCUT2D eigenvalue weighted by molar-refractivity contribution is -0.133. The number of hydrogen-bond donors (Lipinski definition) is 0. The molecule has 0 unspecified atom stereocenters. The van der Waals surface area contributed by atoms with E-state index in [2.05, 4.69) is 11.7 Å². The Labute approximate surface area is 96.3 Å². The topological polar surface area (TPSA) is 49.9 Å². The van der Waals surface area contributed by atoms with E-state index in [1.807, 2.05) is 4.90 Å². The van der Waals surface area contributed by atoms with Gasteiger partial charge in [0.25, 0.3) is 0 Å². The van der Waals surface area contributed by atoms with Gasteiger partial charge in [-0.25, -0.2) is 4.79 Å². The average molecular weight is 228 g/mol. The van der Waals surface area contributed by atoms with Crippen LogP contribution in [0.4, 0.5) is 4.79 Å². The van der Waals surface area contributed by atoms with Crippen molar-refractivity contribution < 1.29 is 14.3 Å². The quantitative estimate of drug-likeness (QED) is 0.707. The molecular weight excluding hydrogens is 208 g/mol. The van der Waals surface area contributed by atoms with Crippen molar-refractivity contribution in [3.05, 3.63) is 0 Å². The van der Waals surface area contributed by atoms with Crippen molar-refractivity contribution in [2.45, 2.75) is 19.8 Å². The van der Waals surface area contributed by atoms with Crippen LogP contribution < -0.4 is 0 Å². The molecule has 0 aliphatic carbocycles. The van der Waals surface area contributed by atoms with E-state index in [1.54, 1.807) is 7.05 Å². The van der Waals surface area contributed by atoms with E-state index < -0.39 is 6.09 Å². The average Bonchev–Trinajstić information content (AvgIpc) is 2.27. The molecule has 5 heteroatoms. The highest BCUT2D eigenvalue weighted by Crippen LogP contribution is 2.15. The number of carbonyl (C=O) groups excluding carboxylic acids is 2. The molecule has 0 radical (unpaired) electrons. The molecule has 2 amide bonds. The number of methoxy groups -OCH3 is 1. The van der Waals surface area contributed by atoms with Crippen LogP contribution in [0.2, 0.25) is 0 Å². The van der Waals surface area contributed by atoms with Crippen molar-refractivity contribution >= 4 is 12.0 Å². The molecule has 1 atom stereocenters. The van der Waals surface area contributed by atoms with Crippen LogP contribution in [0.15, 0.2) is 0 Å². The molecule has 1 heterocycles. The van der Waals surface area contributed by atoms with Gasteiger partial charge in [0.2, 0.25) is 5.91 Å². The van der Waals surface area contributed by atoms with Crippen LogP contribution in [0.5, 0.6) is 0 Å². The van der Waals surface area contributed by atoms with Crippen LogP contribution in [0.1, 0.15) is 19.8 Å². The SMILES string of the molecule is COC(=O)N(C)CC(=O)N1CCC[C@@H](C)C1. The smallest absolute Gasteiger partial charge is 0.409 e. The van der Waals surface area contributed by atoms with Crippen molar-refractivity contribution in [1.82, 2.24) is 9.80 Å². The van der Waals surface area contributed by atoms with Gasteiger partial charge in [-0.15, -0.1) is 0 Å². The monoisotopic (exact) mass is 228 g/mol. The lowest BCUT2D eigenvalue weighted by atomic mass is 10.0. The zero-order valence-corrected chi connectivity index (χ0v) is 10.2. The summed E-state index contributed by atoms with van der Waals surface area (Å²) in [6.45, 7) is 3.84. The van der Waals surface area contributed by atoms with Gasteiger partial charge in [0.05, 0.1) is 7.11 Å². The van der Waals surface area contributed by atoms with Crippen molar-refractivity contribution in [3.8, 4) is 0 Å². The molecule has 0 saturated carbocycles. The Morgan fingerprint density at radius 3 is 2.75 bits per heavy atom. The molecule has 1 fully saturated rings. The second-order valence-electron chi connectivity index (χ2n) is 4.41.